The van der Waals surface area contributed by atoms with E-state index in [0.717, 1.165) is 12.1 Å². The van der Waals surface area contributed by atoms with Crippen LogP contribution in [-0.2, 0) is 9.47 Å². The minimum atomic E-state index is -3.03. The largest absolute Gasteiger partial charge is 0.465 e. The van der Waals surface area contributed by atoms with Crippen LogP contribution in [0.25, 0.3) is 6.08 Å². The van der Waals surface area contributed by atoms with E-state index in [1.54, 1.807) is 0 Å². The van der Waals surface area contributed by atoms with Gasteiger partial charge in [0, 0.05) is 5.56 Å². The van der Waals surface area contributed by atoms with Gasteiger partial charge in [-0.1, -0.05) is 12.7 Å². The number of ether oxygens (including phenoxy) is 4. The van der Waals surface area contributed by atoms with Crippen molar-refractivity contribution < 1.29 is 50.9 Å². The van der Waals surface area contributed by atoms with Gasteiger partial charge < -0.3 is 18.9 Å². The number of carbonyl (C=O) groups excluding carboxylic acids is 3. The number of halogens is 4. The molecule has 0 aromatic heterocycles. The molecule has 0 aliphatic rings. The van der Waals surface area contributed by atoms with Crippen molar-refractivity contribution in [2.24, 2.45) is 0 Å². The first-order chi connectivity index (χ1) is 15.2. The van der Waals surface area contributed by atoms with Crippen molar-refractivity contribution in [3.05, 3.63) is 65.2 Å². The normalized spacial score (nSPS) is 10.0. The Hall–Kier alpha value is -3.89. The van der Waals surface area contributed by atoms with Crippen LogP contribution in [0.2, 0.25) is 0 Å². The van der Waals surface area contributed by atoms with E-state index in [2.05, 4.69) is 25.5 Å². The standard InChI is InChI=1S/C11H10F2O3.C10H8F2O4/c1-3-7-6-8(10(14)15-2)4-5-9(7)16-11(12)13;1-15-9(14)6-2-3-8(16-10(11)12)7(4-6)5-13/h3-6,11H,1H2,2H3;2-5,10H,1H3. The summed E-state index contributed by atoms with van der Waals surface area (Å²) in [6.45, 7) is -2.49. The molecule has 2 aromatic rings. The zero-order valence-corrected chi connectivity index (χ0v) is 16.9. The van der Waals surface area contributed by atoms with E-state index in [1.165, 1.54) is 44.6 Å². The summed E-state index contributed by atoms with van der Waals surface area (Å²) in [5.74, 6) is -1.52. The Kier molecular flexibility index (Phi) is 10.4. The van der Waals surface area contributed by atoms with Crippen molar-refractivity contribution in [2.45, 2.75) is 13.2 Å². The molecule has 0 atom stereocenters. The number of hydrogen-bond donors (Lipinski definition) is 0. The van der Waals surface area contributed by atoms with Crippen LogP contribution in [0, 0.1) is 0 Å². The van der Waals surface area contributed by atoms with Gasteiger partial charge in [-0.05, 0) is 36.4 Å². The molecular weight excluding hydrogens is 440 g/mol. The monoisotopic (exact) mass is 458 g/mol. The summed E-state index contributed by atoms with van der Waals surface area (Å²) in [5, 5.41) is 0. The highest BCUT2D eigenvalue weighted by atomic mass is 19.3. The molecule has 7 nitrogen and oxygen atoms in total. The van der Waals surface area contributed by atoms with Gasteiger partial charge in [-0.15, -0.1) is 0 Å². The molecule has 0 heterocycles. The van der Waals surface area contributed by atoms with Gasteiger partial charge in [0.15, 0.2) is 6.29 Å². The molecule has 0 unspecified atom stereocenters. The molecule has 0 amide bonds. The maximum absolute atomic E-state index is 12.0. The Balaban J connectivity index is 0.000000320. The highest BCUT2D eigenvalue weighted by Gasteiger charge is 2.13. The molecule has 0 aliphatic carbocycles. The van der Waals surface area contributed by atoms with Gasteiger partial charge in [0.05, 0.1) is 30.9 Å². The molecule has 0 radical (unpaired) electrons. The number of esters is 2. The van der Waals surface area contributed by atoms with Crippen molar-refractivity contribution >= 4 is 24.3 Å². The number of carbonyl (C=O) groups is 3. The van der Waals surface area contributed by atoms with Crippen LogP contribution in [-0.4, -0.2) is 45.7 Å². The Morgan fingerprint density at radius 2 is 1.22 bits per heavy atom. The first kappa shape index (κ1) is 26.1. The van der Waals surface area contributed by atoms with E-state index in [9.17, 15) is 31.9 Å². The molecule has 11 heteroatoms. The van der Waals surface area contributed by atoms with Gasteiger partial charge in [0.25, 0.3) is 0 Å². The van der Waals surface area contributed by atoms with Crippen molar-refractivity contribution in [1.29, 1.82) is 0 Å². The number of methoxy groups -OCH3 is 2. The third-order valence-corrected chi connectivity index (χ3v) is 3.64. The number of rotatable bonds is 8. The summed E-state index contributed by atoms with van der Waals surface area (Å²) in [6.07, 6.45) is 1.65. The van der Waals surface area contributed by atoms with Crippen molar-refractivity contribution in [3.8, 4) is 11.5 Å². The minimum absolute atomic E-state index is 0.0300. The molecule has 0 N–H and O–H groups in total. The zero-order valence-electron chi connectivity index (χ0n) is 16.9. The van der Waals surface area contributed by atoms with Crippen molar-refractivity contribution in [1.82, 2.24) is 0 Å². The van der Waals surface area contributed by atoms with E-state index in [-0.39, 0.29) is 28.2 Å². The van der Waals surface area contributed by atoms with E-state index in [0.29, 0.717) is 11.8 Å². The van der Waals surface area contributed by atoms with Crippen molar-refractivity contribution in [3.63, 3.8) is 0 Å². The summed E-state index contributed by atoms with van der Waals surface area (Å²) in [4.78, 5) is 32.9. The second kappa shape index (κ2) is 12.7. The first-order valence-electron chi connectivity index (χ1n) is 8.58. The summed E-state index contributed by atoms with van der Waals surface area (Å²) >= 11 is 0. The Morgan fingerprint density at radius 1 is 0.812 bits per heavy atom. The Labute approximate surface area is 180 Å². The fourth-order valence-electron chi connectivity index (χ4n) is 2.24. The second-order valence-electron chi connectivity index (χ2n) is 5.57. The van der Waals surface area contributed by atoms with Crippen LogP contribution in [0.4, 0.5) is 17.6 Å². The molecule has 0 spiro atoms. The zero-order chi connectivity index (χ0) is 24.3. The second-order valence-corrected chi connectivity index (χ2v) is 5.57. The van der Waals surface area contributed by atoms with Crippen LogP contribution >= 0.6 is 0 Å². The van der Waals surface area contributed by atoms with Gasteiger partial charge in [-0.25, -0.2) is 9.59 Å². The quantitative estimate of drug-likeness (QED) is 0.324. The van der Waals surface area contributed by atoms with E-state index in [4.69, 9.17) is 0 Å². The van der Waals surface area contributed by atoms with Gasteiger partial charge in [0.2, 0.25) is 0 Å². The topological polar surface area (TPSA) is 88.1 Å². The van der Waals surface area contributed by atoms with Gasteiger partial charge in [-0.2, -0.15) is 17.6 Å². The molecule has 0 saturated heterocycles. The van der Waals surface area contributed by atoms with Gasteiger partial charge >= 0.3 is 25.2 Å². The third-order valence-electron chi connectivity index (χ3n) is 3.64. The fraction of sp³-hybridized carbons (Fsp3) is 0.190. The van der Waals surface area contributed by atoms with E-state index in [1.807, 2.05) is 0 Å². The van der Waals surface area contributed by atoms with Crippen LogP contribution in [0.5, 0.6) is 11.5 Å². The predicted molar refractivity (Wildman–Crippen MR) is 104 cm³/mol. The average Bonchev–Trinajstić information content (AvgIpc) is 2.78. The van der Waals surface area contributed by atoms with Crippen LogP contribution < -0.4 is 9.47 Å². The van der Waals surface area contributed by atoms with Crippen LogP contribution in [0.3, 0.4) is 0 Å². The lowest BCUT2D eigenvalue weighted by molar-refractivity contribution is -0.0507. The molecule has 0 aliphatic heterocycles. The number of alkyl halides is 4. The van der Waals surface area contributed by atoms with Crippen LogP contribution in [0.15, 0.2) is 43.0 Å². The molecular formula is C21H18F4O7. The summed E-state index contributed by atoms with van der Waals surface area (Å²) in [7, 11) is 2.41. The molecule has 32 heavy (non-hydrogen) atoms. The smallest absolute Gasteiger partial charge is 0.387 e. The summed E-state index contributed by atoms with van der Waals surface area (Å²) < 4.78 is 65.1. The lowest BCUT2D eigenvalue weighted by atomic mass is 10.1. The number of hydrogen-bond acceptors (Lipinski definition) is 7. The van der Waals surface area contributed by atoms with Crippen molar-refractivity contribution in [2.75, 3.05) is 14.2 Å². The highest BCUT2D eigenvalue weighted by molar-refractivity contribution is 5.92. The van der Waals surface area contributed by atoms with Crippen LogP contribution in [0.1, 0.15) is 36.6 Å². The van der Waals surface area contributed by atoms with Gasteiger partial charge in [-0.3, -0.25) is 4.79 Å². The molecule has 172 valence electrons. The first-order valence-corrected chi connectivity index (χ1v) is 8.58. The summed E-state index contributed by atoms with van der Waals surface area (Å²) in [6, 6.07) is 7.46. The Morgan fingerprint density at radius 3 is 1.56 bits per heavy atom. The maximum atomic E-state index is 12.0. The number of benzene rings is 2. The van der Waals surface area contributed by atoms with Gasteiger partial charge in [0.1, 0.15) is 11.5 Å². The number of aldehydes is 1. The lowest BCUT2D eigenvalue weighted by Crippen LogP contribution is -2.06. The fourth-order valence-corrected chi connectivity index (χ4v) is 2.24. The highest BCUT2D eigenvalue weighted by Crippen LogP contribution is 2.23. The Bertz CT molecular complexity index is 884. The predicted octanol–water partition coefficient (Wildman–Crippen LogP) is 4.60. The molecule has 2 rings (SSSR count). The SMILES string of the molecule is C=Cc1cc(C(=O)OC)ccc1OC(F)F.COC(=O)c1ccc(OC(F)F)c(C=O)c1. The molecule has 2 aromatic carbocycles. The third kappa shape index (κ3) is 7.74. The molecule has 0 fully saturated rings. The average molecular weight is 458 g/mol. The molecule has 0 bridgehead atoms. The maximum Gasteiger partial charge on any atom is 0.387 e. The summed E-state index contributed by atoms with van der Waals surface area (Å²) in [5.41, 5.74) is 0.511. The minimum Gasteiger partial charge on any atom is -0.465 e. The lowest BCUT2D eigenvalue weighted by Gasteiger charge is -2.09. The van der Waals surface area contributed by atoms with E-state index < -0.39 is 25.2 Å². The molecule has 0 saturated carbocycles. The van der Waals surface area contributed by atoms with E-state index >= 15 is 0 Å².